The molecule has 0 amide bonds. The molecule has 0 radical (unpaired) electrons. The normalized spacial score (nSPS) is 12.3. The van der Waals surface area contributed by atoms with Crippen LogP contribution in [-0.4, -0.2) is 14.2 Å². The van der Waals surface area contributed by atoms with E-state index in [-0.39, 0.29) is 11.3 Å². The van der Waals surface area contributed by atoms with Gasteiger partial charge in [0.15, 0.2) is 0 Å². The molecule has 2 rings (SSSR count). The largest absolute Gasteiger partial charge is 0.497 e. The molecule has 0 aliphatic carbocycles. The smallest absolute Gasteiger partial charge is 0.134 e. The zero-order valence-corrected chi connectivity index (χ0v) is 13.6. The minimum absolute atomic E-state index is 0.0235. The maximum Gasteiger partial charge on any atom is 0.134 e. The number of nitrogens with one attached hydrogen (secondary N) is 1. The molecule has 5 heteroatoms. The Morgan fingerprint density at radius 2 is 1.76 bits per heavy atom. The maximum absolute atomic E-state index is 14.3. The summed E-state index contributed by atoms with van der Waals surface area (Å²) >= 11 is 3.44. The summed E-state index contributed by atoms with van der Waals surface area (Å²) in [5.41, 5.74) is 1.77. The van der Waals surface area contributed by atoms with Crippen LogP contribution in [0.4, 0.5) is 8.78 Å². The zero-order chi connectivity index (χ0) is 15.6. The van der Waals surface area contributed by atoms with E-state index < -0.39 is 17.7 Å². The summed E-state index contributed by atoms with van der Waals surface area (Å²) in [5.74, 6) is -1.12. The van der Waals surface area contributed by atoms with Gasteiger partial charge in [0.2, 0.25) is 0 Å². The van der Waals surface area contributed by atoms with Crippen molar-refractivity contribution < 1.29 is 13.5 Å². The van der Waals surface area contributed by atoms with E-state index in [1.54, 1.807) is 7.05 Å². The van der Waals surface area contributed by atoms with Crippen LogP contribution in [0.1, 0.15) is 22.7 Å². The Hall–Kier alpha value is -1.46. The third-order valence-electron chi connectivity index (χ3n) is 3.33. The molecule has 0 aliphatic heterocycles. The number of ether oxygens (including phenoxy) is 1. The molecule has 1 unspecified atom stereocenters. The molecule has 2 aromatic rings. The van der Waals surface area contributed by atoms with Crippen molar-refractivity contribution in [3.05, 3.63) is 63.1 Å². The Bertz CT molecular complexity index is 638. The van der Waals surface area contributed by atoms with E-state index in [4.69, 9.17) is 4.74 Å². The van der Waals surface area contributed by atoms with Crippen LogP contribution in [0, 0.1) is 18.6 Å². The molecule has 2 aromatic carbocycles. The zero-order valence-electron chi connectivity index (χ0n) is 12.0. The van der Waals surface area contributed by atoms with Gasteiger partial charge in [0.05, 0.1) is 13.2 Å². The van der Waals surface area contributed by atoms with Crippen LogP contribution in [0.25, 0.3) is 0 Å². The molecular weight excluding hydrogens is 340 g/mol. The van der Waals surface area contributed by atoms with E-state index in [1.165, 1.54) is 19.2 Å². The van der Waals surface area contributed by atoms with Gasteiger partial charge in [0.25, 0.3) is 0 Å². The van der Waals surface area contributed by atoms with Gasteiger partial charge < -0.3 is 10.1 Å². The van der Waals surface area contributed by atoms with Crippen molar-refractivity contribution in [1.82, 2.24) is 5.32 Å². The molecule has 1 atom stereocenters. The highest BCUT2D eigenvalue weighted by atomic mass is 79.9. The summed E-state index contributed by atoms with van der Waals surface area (Å²) in [6, 6.07) is 7.48. The molecule has 21 heavy (non-hydrogen) atoms. The number of hydrogen-bond acceptors (Lipinski definition) is 2. The molecule has 0 aliphatic rings. The summed E-state index contributed by atoms with van der Waals surface area (Å²) in [6.07, 6.45) is 0. The number of halogens is 3. The number of aryl methyl sites for hydroxylation is 1. The van der Waals surface area contributed by atoms with E-state index in [1.807, 2.05) is 25.1 Å². The highest BCUT2D eigenvalue weighted by molar-refractivity contribution is 9.10. The van der Waals surface area contributed by atoms with E-state index in [0.717, 1.165) is 15.6 Å². The first-order valence-electron chi connectivity index (χ1n) is 6.44. The number of hydrogen-bond donors (Lipinski definition) is 1. The van der Waals surface area contributed by atoms with Crippen LogP contribution in [0.3, 0.4) is 0 Å². The van der Waals surface area contributed by atoms with Gasteiger partial charge in [0.1, 0.15) is 17.4 Å². The third-order valence-corrected chi connectivity index (χ3v) is 4.05. The third kappa shape index (κ3) is 3.24. The van der Waals surface area contributed by atoms with Gasteiger partial charge in [0, 0.05) is 22.2 Å². The minimum atomic E-state index is -0.639. The molecular formula is C16H16BrF2NO. The minimum Gasteiger partial charge on any atom is -0.497 e. The van der Waals surface area contributed by atoms with Crippen molar-refractivity contribution >= 4 is 15.9 Å². The highest BCUT2D eigenvalue weighted by Gasteiger charge is 2.23. The molecule has 0 heterocycles. The standard InChI is InChI=1S/C16H16BrF2NO/c1-9-4-5-12(17)11(6-9)16(20-2)15-13(18)7-10(21-3)8-14(15)19/h4-8,16,20H,1-3H3. The lowest BCUT2D eigenvalue weighted by atomic mass is 9.96. The van der Waals surface area contributed by atoms with E-state index >= 15 is 0 Å². The number of methoxy groups -OCH3 is 1. The average molecular weight is 356 g/mol. The second-order valence-electron chi connectivity index (χ2n) is 4.75. The van der Waals surface area contributed by atoms with Gasteiger partial charge >= 0.3 is 0 Å². The first-order chi connectivity index (χ1) is 9.97. The van der Waals surface area contributed by atoms with Crippen LogP contribution < -0.4 is 10.1 Å². The van der Waals surface area contributed by atoms with Gasteiger partial charge in [-0.25, -0.2) is 8.78 Å². The molecule has 0 aromatic heterocycles. The Labute approximate surface area is 131 Å². The Morgan fingerprint density at radius 3 is 2.29 bits per heavy atom. The van der Waals surface area contributed by atoms with Crippen molar-refractivity contribution in [2.75, 3.05) is 14.2 Å². The van der Waals surface area contributed by atoms with Crippen LogP contribution in [0.2, 0.25) is 0 Å². The van der Waals surface area contributed by atoms with Gasteiger partial charge in [-0.3, -0.25) is 0 Å². The summed E-state index contributed by atoms with van der Waals surface area (Å²) in [7, 11) is 3.04. The number of benzene rings is 2. The number of rotatable bonds is 4. The SMILES string of the molecule is CNC(c1cc(C)ccc1Br)c1c(F)cc(OC)cc1F. The molecule has 0 saturated carbocycles. The Balaban J connectivity index is 2.59. The van der Waals surface area contributed by atoms with Crippen LogP contribution in [-0.2, 0) is 0 Å². The predicted octanol–water partition coefficient (Wildman–Crippen LogP) is 4.35. The summed E-state index contributed by atoms with van der Waals surface area (Å²) in [4.78, 5) is 0. The monoisotopic (exact) mass is 355 g/mol. The molecule has 112 valence electrons. The Kier molecular flexibility index (Phi) is 4.96. The second kappa shape index (κ2) is 6.54. The quantitative estimate of drug-likeness (QED) is 0.879. The summed E-state index contributed by atoms with van der Waals surface area (Å²) < 4.78 is 34.2. The van der Waals surface area contributed by atoms with E-state index in [9.17, 15) is 8.78 Å². The van der Waals surface area contributed by atoms with Crippen molar-refractivity contribution in [3.63, 3.8) is 0 Å². The fourth-order valence-corrected chi connectivity index (χ4v) is 2.77. The van der Waals surface area contributed by atoms with Gasteiger partial charge in [-0.05, 0) is 25.6 Å². The summed E-state index contributed by atoms with van der Waals surface area (Å²) in [5, 5.41) is 2.97. The van der Waals surface area contributed by atoms with Crippen LogP contribution >= 0.6 is 15.9 Å². The average Bonchev–Trinajstić information content (AvgIpc) is 2.45. The molecule has 0 spiro atoms. The van der Waals surface area contributed by atoms with Gasteiger partial charge in [-0.15, -0.1) is 0 Å². The fraction of sp³-hybridized carbons (Fsp3) is 0.250. The lowest BCUT2D eigenvalue weighted by molar-refractivity contribution is 0.403. The van der Waals surface area contributed by atoms with Gasteiger partial charge in [-0.1, -0.05) is 33.6 Å². The highest BCUT2D eigenvalue weighted by Crippen LogP contribution is 2.33. The van der Waals surface area contributed by atoms with Crippen molar-refractivity contribution in [2.24, 2.45) is 0 Å². The van der Waals surface area contributed by atoms with E-state index in [2.05, 4.69) is 21.2 Å². The van der Waals surface area contributed by atoms with Gasteiger partial charge in [-0.2, -0.15) is 0 Å². The molecule has 0 saturated heterocycles. The Morgan fingerprint density at radius 1 is 1.14 bits per heavy atom. The van der Waals surface area contributed by atoms with E-state index in [0.29, 0.717) is 0 Å². The first-order valence-corrected chi connectivity index (χ1v) is 7.23. The predicted molar refractivity (Wildman–Crippen MR) is 82.7 cm³/mol. The summed E-state index contributed by atoms with van der Waals surface area (Å²) in [6.45, 7) is 1.93. The second-order valence-corrected chi connectivity index (χ2v) is 5.61. The van der Waals surface area contributed by atoms with Crippen molar-refractivity contribution in [2.45, 2.75) is 13.0 Å². The maximum atomic E-state index is 14.3. The molecule has 1 N–H and O–H groups in total. The molecule has 2 nitrogen and oxygen atoms in total. The van der Waals surface area contributed by atoms with Crippen LogP contribution in [0.15, 0.2) is 34.8 Å². The van der Waals surface area contributed by atoms with Crippen molar-refractivity contribution in [3.8, 4) is 5.75 Å². The fourth-order valence-electron chi connectivity index (χ4n) is 2.29. The van der Waals surface area contributed by atoms with Crippen LogP contribution in [0.5, 0.6) is 5.75 Å². The lowest BCUT2D eigenvalue weighted by Gasteiger charge is -2.21. The molecule has 0 bridgehead atoms. The van der Waals surface area contributed by atoms with Crippen molar-refractivity contribution in [1.29, 1.82) is 0 Å². The topological polar surface area (TPSA) is 21.3 Å². The lowest BCUT2D eigenvalue weighted by Crippen LogP contribution is -2.21. The molecule has 0 fully saturated rings. The first kappa shape index (κ1) is 15.9.